The molecule has 0 saturated heterocycles. The maximum Gasteiger partial charge on any atom is 0.142 e. The van der Waals surface area contributed by atoms with Gasteiger partial charge in [-0.05, 0) is 11.6 Å². The zero-order valence-corrected chi connectivity index (χ0v) is 10.8. The third-order valence-electron chi connectivity index (χ3n) is 2.25. The van der Waals surface area contributed by atoms with Crippen LogP contribution < -0.4 is 0 Å². The van der Waals surface area contributed by atoms with Gasteiger partial charge < -0.3 is 4.84 Å². The SMILES string of the molecule is Brc1ccccc1C=NOCc1ccccc1. The smallest absolute Gasteiger partial charge is 0.142 e. The first-order valence-electron chi connectivity index (χ1n) is 5.30. The highest BCUT2D eigenvalue weighted by Crippen LogP contribution is 2.13. The quantitative estimate of drug-likeness (QED) is 0.616. The van der Waals surface area contributed by atoms with Gasteiger partial charge in [0.2, 0.25) is 0 Å². The second-order valence-corrected chi connectivity index (χ2v) is 4.37. The lowest BCUT2D eigenvalue weighted by molar-refractivity contribution is 0.132. The molecule has 0 amide bonds. The number of oxime groups is 1. The predicted octanol–water partition coefficient (Wildman–Crippen LogP) is 4.00. The van der Waals surface area contributed by atoms with Crippen LogP contribution in [0.25, 0.3) is 0 Å². The van der Waals surface area contributed by atoms with Gasteiger partial charge in [-0.15, -0.1) is 0 Å². The number of hydrogen-bond donors (Lipinski definition) is 0. The van der Waals surface area contributed by atoms with Crippen LogP contribution in [-0.4, -0.2) is 6.21 Å². The van der Waals surface area contributed by atoms with Crippen molar-refractivity contribution >= 4 is 22.1 Å². The minimum Gasteiger partial charge on any atom is -0.391 e. The maximum absolute atomic E-state index is 5.23. The molecular weight excluding hydrogens is 278 g/mol. The van der Waals surface area contributed by atoms with Gasteiger partial charge in [-0.25, -0.2) is 0 Å². The molecule has 0 saturated carbocycles. The average Bonchev–Trinajstić information content (AvgIpc) is 2.38. The third kappa shape index (κ3) is 3.71. The van der Waals surface area contributed by atoms with Crippen LogP contribution in [0.5, 0.6) is 0 Å². The molecule has 0 radical (unpaired) electrons. The minimum absolute atomic E-state index is 0.488. The standard InChI is InChI=1S/C14H12BrNO/c15-14-9-5-4-8-13(14)10-16-17-11-12-6-2-1-3-7-12/h1-10H,11H2. The van der Waals surface area contributed by atoms with Crippen LogP contribution in [0.3, 0.4) is 0 Å². The second-order valence-electron chi connectivity index (χ2n) is 3.52. The van der Waals surface area contributed by atoms with Gasteiger partial charge in [0.05, 0.1) is 6.21 Å². The maximum atomic E-state index is 5.23. The van der Waals surface area contributed by atoms with Gasteiger partial charge in [-0.2, -0.15) is 0 Å². The normalized spacial score (nSPS) is 10.6. The molecule has 0 atom stereocenters. The van der Waals surface area contributed by atoms with Crippen LogP contribution in [0.4, 0.5) is 0 Å². The first-order valence-corrected chi connectivity index (χ1v) is 6.09. The Labute approximate surface area is 109 Å². The van der Waals surface area contributed by atoms with Crippen molar-refractivity contribution in [2.24, 2.45) is 5.16 Å². The van der Waals surface area contributed by atoms with Crippen molar-refractivity contribution < 1.29 is 4.84 Å². The molecular formula is C14H12BrNO. The van der Waals surface area contributed by atoms with E-state index in [0.29, 0.717) is 6.61 Å². The molecule has 0 aromatic heterocycles. The first-order chi connectivity index (χ1) is 8.36. The summed E-state index contributed by atoms with van der Waals surface area (Å²) in [5, 5.41) is 3.94. The van der Waals surface area contributed by atoms with Crippen molar-refractivity contribution in [3.63, 3.8) is 0 Å². The van der Waals surface area contributed by atoms with Gasteiger partial charge in [0, 0.05) is 10.0 Å². The van der Waals surface area contributed by atoms with Crippen LogP contribution in [-0.2, 0) is 11.4 Å². The molecule has 2 nitrogen and oxygen atoms in total. The van der Waals surface area contributed by atoms with Crippen molar-refractivity contribution in [2.75, 3.05) is 0 Å². The lowest BCUT2D eigenvalue weighted by Gasteiger charge is -1.99. The predicted molar refractivity (Wildman–Crippen MR) is 73.0 cm³/mol. The van der Waals surface area contributed by atoms with E-state index in [2.05, 4.69) is 21.1 Å². The Kier molecular flexibility index (Phi) is 4.33. The number of hydrogen-bond acceptors (Lipinski definition) is 2. The van der Waals surface area contributed by atoms with Crippen molar-refractivity contribution in [2.45, 2.75) is 6.61 Å². The monoisotopic (exact) mass is 289 g/mol. The third-order valence-corrected chi connectivity index (χ3v) is 2.97. The van der Waals surface area contributed by atoms with Gasteiger partial charge in [0.15, 0.2) is 0 Å². The summed E-state index contributed by atoms with van der Waals surface area (Å²) in [5.41, 5.74) is 2.11. The minimum atomic E-state index is 0.488. The fourth-order valence-electron chi connectivity index (χ4n) is 1.36. The van der Waals surface area contributed by atoms with Crippen LogP contribution in [0.1, 0.15) is 11.1 Å². The van der Waals surface area contributed by atoms with E-state index in [0.717, 1.165) is 15.6 Å². The molecule has 0 spiro atoms. The fourth-order valence-corrected chi connectivity index (χ4v) is 1.75. The topological polar surface area (TPSA) is 21.6 Å². The molecule has 17 heavy (non-hydrogen) atoms. The Morgan fingerprint density at radius 1 is 1.00 bits per heavy atom. The van der Waals surface area contributed by atoms with E-state index in [9.17, 15) is 0 Å². The van der Waals surface area contributed by atoms with Crippen molar-refractivity contribution in [1.29, 1.82) is 0 Å². The zero-order valence-electron chi connectivity index (χ0n) is 9.21. The zero-order chi connectivity index (χ0) is 11.9. The first kappa shape index (κ1) is 11.9. The van der Waals surface area contributed by atoms with Crippen molar-refractivity contribution in [1.82, 2.24) is 0 Å². The van der Waals surface area contributed by atoms with E-state index in [1.807, 2.05) is 54.6 Å². The summed E-state index contributed by atoms with van der Waals surface area (Å²) in [5.74, 6) is 0. The molecule has 2 aromatic rings. The van der Waals surface area contributed by atoms with E-state index in [-0.39, 0.29) is 0 Å². The van der Waals surface area contributed by atoms with Gasteiger partial charge in [-0.3, -0.25) is 0 Å². The summed E-state index contributed by atoms with van der Waals surface area (Å²) in [4.78, 5) is 5.23. The molecule has 0 aliphatic rings. The lowest BCUT2D eigenvalue weighted by Crippen LogP contribution is -1.88. The van der Waals surface area contributed by atoms with Crippen LogP contribution in [0.15, 0.2) is 64.2 Å². The largest absolute Gasteiger partial charge is 0.391 e. The molecule has 0 N–H and O–H groups in total. The van der Waals surface area contributed by atoms with E-state index in [4.69, 9.17) is 4.84 Å². The van der Waals surface area contributed by atoms with E-state index >= 15 is 0 Å². The average molecular weight is 290 g/mol. The van der Waals surface area contributed by atoms with Crippen LogP contribution in [0.2, 0.25) is 0 Å². The molecule has 0 unspecified atom stereocenters. The van der Waals surface area contributed by atoms with Crippen molar-refractivity contribution in [3.05, 3.63) is 70.2 Å². The highest BCUT2D eigenvalue weighted by atomic mass is 79.9. The van der Waals surface area contributed by atoms with Crippen LogP contribution >= 0.6 is 15.9 Å². The lowest BCUT2D eigenvalue weighted by atomic mass is 10.2. The summed E-state index contributed by atoms with van der Waals surface area (Å²) < 4.78 is 1.01. The van der Waals surface area contributed by atoms with Gasteiger partial charge >= 0.3 is 0 Å². The second kappa shape index (κ2) is 6.21. The molecule has 2 rings (SSSR count). The summed E-state index contributed by atoms with van der Waals surface area (Å²) in [6.45, 7) is 0.488. The summed E-state index contributed by atoms with van der Waals surface area (Å²) in [6, 6.07) is 17.8. The number of nitrogens with zero attached hydrogens (tertiary/aromatic N) is 1. The van der Waals surface area contributed by atoms with Crippen molar-refractivity contribution in [3.8, 4) is 0 Å². The number of halogens is 1. The molecule has 2 aromatic carbocycles. The Hall–Kier alpha value is -1.61. The molecule has 0 bridgehead atoms. The Morgan fingerprint density at radius 2 is 1.71 bits per heavy atom. The Morgan fingerprint density at radius 3 is 2.47 bits per heavy atom. The highest BCUT2D eigenvalue weighted by Gasteiger charge is 1.94. The summed E-state index contributed by atoms with van der Waals surface area (Å²) in [6.07, 6.45) is 1.70. The van der Waals surface area contributed by atoms with Crippen LogP contribution in [0, 0.1) is 0 Å². The van der Waals surface area contributed by atoms with Gasteiger partial charge in [0.25, 0.3) is 0 Å². The highest BCUT2D eigenvalue weighted by molar-refractivity contribution is 9.10. The molecule has 86 valence electrons. The summed E-state index contributed by atoms with van der Waals surface area (Å²) in [7, 11) is 0. The Bertz CT molecular complexity index is 497. The number of rotatable bonds is 4. The van der Waals surface area contributed by atoms with E-state index in [1.54, 1.807) is 6.21 Å². The van der Waals surface area contributed by atoms with Gasteiger partial charge in [-0.1, -0.05) is 69.6 Å². The van der Waals surface area contributed by atoms with Gasteiger partial charge in [0.1, 0.15) is 6.61 Å². The fraction of sp³-hybridized carbons (Fsp3) is 0.0714. The van der Waals surface area contributed by atoms with E-state index in [1.165, 1.54) is 0 Å². The molecule has 0 heterocycles. The van der Waals surface area contributed by atoms with E-state index < -0.39 is 0 Å². The molecule has 3 heteroatoms. The molecule has 0 fully saturated rings. The number of benzene rings is 2. The molecule has 0 aliphatic heterocycles. The summed E-state index contributed by atoms with van der Waals surface area (Å²) >= 11 is 3.45. The Balaban J connectivity index is 1.89. The molecule has 0 aliphatic carbocycles.